The van der Waals surface area contributed by atoms with Crippen molar-refractivity contribution in [2.24, 2.45) is 0 Å². The minimum atomic E-state index is -6.41. The summed E-state index contributed by atoms with van der Waals surface area (Å²) in [6.07, 6.45) is -10.9. The van der Waals surface area contributed by atoms with E-state index in [0.29, 0.717) is 0 Å². The van der Waals surface area contributed by atoms with Gasteiger partial charge in [0.05, 0.1) is 12.7 Å². The Morgan fingerprint density at radius 3 is 1.60 bits per heavy atom. The zero-order valence-corrected chi connectivity index (χ0v) is 7.03. The molecule has 0 fully saturated rings. The van der Waals surface area contributed by atoms with Gasteiger partial charge < -0.3 is 10.2 Å². The molecular formula is C6H7F7O2. The number of alkyl halides is 7. The van der Waals surface area contributed by atoms with E-state index in [-0.39, 0.29) is 0 Å². The van der Waals surface area contributed by atoms with Crippen LogP contribution in [0.4, 0.5) is 30.7 Å². The molecule has 15 heavy (non-hydrogen) atoms. The topological polar surface area (TPSA) is 40.5 Å². The van der Waals surface area contributed by atoms with Gasteiger partial charge in [0.15, 0.2) is 0 Å². The molecule has 0 saturated heterocycles. The molecule has 0 aliphatic heterocycles. The minimum absolute atomic E-state index is 1.33. The zero-order chi connectivity index (χ0) is 12.5. The van der Waals surface area contributed by atoms with Crippen LogP contribution in [0, 0.1) is 0 Å². The lowest BCUT2D eigenvalue weighted by Gasteiger charge is -2.29. The molecule has 0 aliphatic rings. The Morgan fingerprint density at radius 2 is 1.33 bits per heavy atom. The van der Waals surface area contributed by atoms with E-state index >= 15 is 0 Å². The second-order valence-corrected chi connectivity index (χ2v) is 2.82. The smallest absolute Gasteiger partial charge is 0.394 e. The molecule has 0 aliphatic carbocycles. The molecule has 0 unspecified atom stereocenters. The lowest BCUT2D eigenvalue weighted by Crippen LogP contribution is -2.53. The third-order valence-corrected chi connectivity index (χ3v) is 1.52. The molecule has 2 nitrogen and oxygen atoms in total. The Morgan fingerprint density at radius 1 is 0.933 bits per heavy atom. The molecule has 0 amide bonds. The third kappa shape index (κ3) is 2.94. The van der Waals surface area contributed by atoms with Crippen molar-refractivity contribution in [2.45, 2.75) is 30.5 Å². The predicted molar refractivity (Wildman–Crippen MR) is 33.7 cm³/mol. The van der Waals surface area contributed by atoms with Crippen LogP contribution < -0.4 is 0 Å². The van der Waals surface area contributed by atoms with Crippen LogP contribution in [-0.4, -0.2) is 40.9 Å². The van der Waals surface area contributed by atoms with E-state index in [2.05, 4.69) is 0 Å². The summed E-state index contributed by atoms with van der Waals surface area (Å²) in [6.45, 7) is -1.33. The maximum atomic E-state index is 12.4. The van der Waals surface area contributed by atoms with E-state index in [0.717, 1.165) is 0 Å². The molecule has 0 rings (SSSR count). The summed E-state index contributed by atoms with van der Waals surface area (Å²) in [5.41, 5.74) is 0. The Bertz CT molecular complexity index is 212. The van der Waals surface area contributed by atoms with E-state index in [1.54, 1.807) is 0 Å². The lowest BCUT2D eigenvalue weighted by molar-refractivity contribution is -0.358. The van der Waals surface area contributed by atoms with Crippen LogP contribution in [0.15, 0.2) is 0 Å². The van der Waals surface area contributed by atoms with Crippen molar-refractivity contribution in [1.29, 1.82) is 0 Å². The number of halogens is 7. The van der Waals surface area contributed by atoms with E-state index in [9.17, 15) is 30.7 Å². The molecule has 2 N–H and O–H groups in total. The molecule has 1 atom stereocenters. The molecular weight excluding hydrogens is 237 g/mol. The molecule has 0 saturated carbocycles. The Balaban J connectivity index is 4.85. The van der Waals surface area contributed by atoms with Crippen molar-refractivity contribution < 1.29 is 40.9 Å². The lowest BCUT2D eigenvalue weighted by atomic mass is 10.0. The molecule has 0 aromatic heterocycles. The summed E-state index contributed by atoms with van der Waals surface area (Å²) in [7, 11) is 0. The predicted octanol–water partition coefficient (Wildman–Crippen LogP) is 1.56. The van der Waals surface area contributed by atoms with Crippen LogP contribution in [0.5, 0.6) is 0 Å². The van der Waals surface area contributed by atoms with Crippen molar-refractivity contribution >= 4 is 0 Å². The van der Waals surface area contributed by atoms with Gasteiger partial charge in [0, 0.05) is 6.42 Å². The minimum Gasteiger partial charge on any atom is -0.394 e. The fourth-order valence-electron chi connectivity index (χ4n) is 0.696. The number of hydrogen-bond donors (Lipinski definition) is 2. The fourth-order valence-corrected chi connectivity index (χ4v) is 0.696. The molecule has 0 aromatic rings. The standard InChI is InChI=1S/C6H7F7O2/c7-4(8,1-3(15)2-14)5(9,10)6(11,12)13/h3,14-15H,1-2H2/t3-/m0/s1. The van der Waals surface area contributed by atoms with Gasteiger partial charge in [-0.1, -0.05) is 0 Å². The molecule has 0 aromatic carbocycles. The Kier molecular flexibility index (Phi) is 3.97. The quantitative estimate of drug-likeness (QED) is 0.737. The van der Waals surface area contributed by atoms with E-state index in [4.69, 9.17) is 10.2 Å². The van der Waals surface area contributed by atoms with Gasteiger partial charge in [-0.3, -0.25) is 0 Å². The second kappa shape index (κ2) is 4.12. The molecule has 0 bridgehead atoms. The highest BCUT2D eigenvalue weighted by atomic mass is 19.4. The SMILES string of the molecule is OC[C@@H](O)CC(F)(F)C(F)(F)C(F)(F)F. The average Bonchev–Trinajstić information content (AvgIpc) is 2.00. The highest BCUT2D eigenvalue weighted by Crippen LogP contribution is 2.48. The average molecular weight is 244 g/mol. The normalized spacial score (nSPS) is 16.6. The van der Waals surface area contributed by atoms with Crippen LogP contribution in [0.3, 0.4) is 0 Å². The van der Waals surface area contributed by atoms with E-state index in [1.165, 1.54) is 0 Å². The van der Waals surface area contributed by atoms with Crippen molar-refractivity contribution in [3.63, 3.8) is 0 Å². The summed E-state index contributed by atoms with van der Waals surface area (Å²) in [6, 6.07) is 0. The van der Waals surface area contributed by atoms with Gasteiger partial charge in [-0.25, -0.2) is 0 Å². The zero-order valence-electron chi connectivity index (χ0n) is 7.03. The summed E-state index contributed by atoms with van der Waals surface area (Å²) in [5, 5.41) is 16.4. The van der Waals surface area contributed by atoms with Gasteiger partial charge >= 0.3 is 18.0 Å². The first-order chi connectivity index (χ1) is 6.45. The number of hydrogen-bond acceptors (Lipinski definition) is 2. The largest absolute Gasteiger partial charge is 0.459 e. The van der Waals surface area contributed by atoms with Gasteiger partial charge in [0.25, 0.3) is 0 Å². The Labute approximate surface area is 79.3 Å². The number of aliphatic hydroxyl groups excluding tert-OH is 2. The van der Waals surface area contributed by atoms with Crippen molar-refractivity contribution in [1.82, 2.24) is 0 Å². The first-order valence-electron chi connectivity index (χ1n) is 3.57. The van der Waals surface area contributed by atoms with Crippen LogP contribution >= 0.6 is 0 Å². The third-order valence-electron chi connectivity index (χ3n) is 1.52. The fraction of sp³-hybridized carbons (Fsp3) is 1.00. The highest BCUT2D eigenvalue weighted by Gasteiger charge is 2.72. The maximum Gasteiger partial charge on any atom is 0.459 e. The van der Waals surface area contributed by atoms with Crippen molar-refractivity contribution in [3.8, 4) is 0 Å². The summed E-state index contributed by atoms with van der Waals surface area (Å²) in [5.74, 6) is -11.7. The van der Waals surface area contributed by atoms with E-state index < -0.39 is 37.2 Å². The van der Waals surface area contributed by atoms with Crippen LogP contribution in [0.2, 0.25) is 0 Å². The van der Waals surface area contributed by atoms with Crippen molar-refractivity contribution in [3.05, 3.63) is 0 Å². The number of aliphatic hydroxyl groups is 2. The van der Waals surface area contributed by atoms with Gasteiger partial charge in [0.1, 0.15) is 0 Å². The number of rotatable bonds is 4. The monoisotopic (exact) mass is 244 g/mol. The molecule has 0 radical (unpaired) electrons. The molecule has 0 spiro atoms. The molecule has 0 heterocycles. The van der Waals surface area contributed by atoms with Crippen LogP contribution in [-0.2, 0) is 0 Å². The summed E-state index contributed by atoms with van der Waals surface area (Å²) < 4.78 is 83.6. The summed E-state index contributed by atoms with van der Waals surface area (Å²) >= 11 is 0. The Hall–Kier alpha value is -0.570. The van der Waals surface area contributed by atoms with Gasteiger partial charge in [-0.15, -0.1) is 0 Å². The first-order valence-corrected chi connectivity index (χ1v) is 3.57. The van der Waals surface area contributed by atoms with Crippen molar-refractivity contribution in [2.75, 3.05) is 6.61 Å². The molecule has 9 heteroatoms. The van der Waals surface area contributed by atoms with Gasteiger partial charge in [0.2, 0.25) is 0 Å². The van der Waals surface area contributed by atoms with Crippen LogP contribution in [0.1, 0.15) is 6.42 Å². The maximum absolute atomic E-state index is 12.4. The first kappa shape index (κ1) is 14.4. The second-order valence-electron chi connectivity index (χ2n) is 2.82. The van der Waals surface area contributed by atoms with Gasteiger partial charge in [-0.2, -0.15) is 30.7 Å². The molecule has 92 valence electrons. The highest BCUT2D eigenvalue weighted by molar-refractivity contribution is 4.92. The van der Waals surface area contributed by atoms with E-state index in [1.807, 2.05) is 0 Å². The van der Waals surface area contributed by atoms with Crippen LogP contribution in [0.25, 0.3) is 0 Å². The summed E-state index contributed by atoms with van der Waals surface area (Å²) in [4.78, 5) is 0. The van der Waals surface area contributed by atoms with Gasteiger partial charge in [-0.05, 0) is 0 Å².